The first-order valence-corrected chi connectivity index (χ1v) is 9.44. The fourth-order valence-corrected chi connectivity index (χ4v) is 2.93. The number of nitrogens with zero attached hydrogens (tertiary/aromatic N) is 1. The van der Waals surface area contributed by atoms with E-state index in [1.807, 2.05) is 60.7 Å². The third-order valence-corrected chi connectivity index (χ3v) is 4.23. The molecule has 7 nitrogen and oxygen atoms in total. The highest BCUT2D eigenvalue weighted by atomic mass is 16.6. The molecular weight excluding hydrogens is 386 g/mol. The molecule has 0 saturated heterocycles. The lowest BCUT2D eigenvalue weighted by Gasteiger charge is -2.27. The lowest BCUT2D eigenvalue weighted by Crippen LogP contribution is -2.46. The number of rotatable bonds is 8. The van der Waals surface area contributed by atoms with Crippen molar-refractivity contribution in [1.29, 1.82) is 0 Å². The van der Waals surface area contributed by atoms with E-state index in [0.29, 0.717) is 5.71 Å². The van der Waals surface area contributed by atoms with E-state index in [0.717, 1.165) is 25.2 Å². The van der Waals surface area contributed by atoms with E-state index in [2.05, 4.69) is 0 Å². The average molecular weight is 411 g/mol. The molecule has 0 aliphatic carbocycles. The molecule has 0 heterocycles. The number of hydrogen-bond acceptors (Lipinski definition) is 7. The molecule has 2 aromatic rings. The molecule has 0 aliphatic rings. The van der Waals surface area contributed by atoms with Crippen LogP contribution in [0.5, 0.6) is 0 Å². The van der Waals surface area contributed by atoms with Crippen LogP contribution in [0.1, 0.15) is 31.9 Å². The van der Waals surface area contributed by atoms with Gasteiger partial charge in [0.1, 0.15) is 0 Å². The van der Waals surface area contributed by atoms with Crippen LogP contribution in [0.4, 0.5) is 0 Å². The Balaban J connectivity index is 2.53. The van der Waals surface area contributed by atoms with Crippen LogP contribution in [0.25, 0.3) is 0 Å². The highest BCUT2D eigenvalue weighted by Crippen LogP contribution is 2.18. The summed E-state index contributed by atoms with van der Waals surface area (Å²) in [5.41, 5.74) is 2.34. The largest absolute Gasteiger partial charge is 0.466 e. The van der Waals surface area contributed by atoms with Crippen molar-refractivity contribution in [1.82, 2.24) is 0 Å². The number of benzene rings is 2. The molecule has 0 saturated carbocycles. The number of methoxy groups -OCH3 is 1. The summed E-state index contributed by atoms with van der Waals surface area (Å²) in [7, 11) is 1.16. The topological polar surface area (TPSA) is 91.3 Å². The third-order valence-electron chi connectivity index (χ3n) is 4.23. The molecule has 0 aromatic heterocycles. The van der Waals surface area contributed by atoms with E-state index < -0.39 is 36.2 Å². The van der Waals surface area contributed by atoms with Gasteiger partial charge in [-0.05, 0) is 6.92 Å². The Kier molecular flexibility index (Phi) is 8.29. The second-order valence-corrected chi connectivity index (χ2v) is 6.58. The summed E-state index contributed by atoms with van der Waals surface area (Å²) < 4.78 is 15.2. The lowest BCUT2D eigenvalue weighted by atomic mass is 10.0. The van der Waals surface area contributed by atoms with Crippen molar-refractivity contribution >= 4 is 23.6 Å². The minimum Gasteiger partial charge on any atom is -0.466 e. The second-order valence-electron chi connectivity index (χ2n) is 6.58. The van der Waals surface area contributed by atoms with Gasteiger partial charge in [-0.3, -0.25) is 14.6 Å². The predicted molar refractivity (Wildman–Crippen MR) is 111 cm³/mol. The maximum absolute atomic E-state index is 12.3. The van der Waals surface area contributed by atoms with Crippen molar-refractivity contribution in [3.63, 3.8) is 0 Å². The summed E-state index contributed by atoms with van der Waals surface area (Å²) in [6.07, 6.45) is -2.61. The highest BCUT2D eigenvalue weighted by Gasteiger charge is 2.39. The van der Waals surface area contributed by atoms with Gasteiger partial charge in [0.2, 0.25) is 6.10 Å². The summed E-state index contributed by atoms with van der Waals surface area (Å²) in [5, 5.41) is 0. The molecule has 7 heteroatoms. The average Bonchev–Trinajstić information content (AvgIpc) is 2.74. The van der Waals surface area contributed by atoms with E-state index in [1.165, 1.54) is 6.92 Å². The van der Waals surface area contributed by atoms with Crippen LogP contribution in [0.2, 0.25) is 0 Å². The molecule has 30 heavy (non-hydrogen) atoms. The Morgan fingerprint density at radius 1 is 0.800 bits per heavy atom. The van der Waals surface area contributed by atoms with Crippen molar-refractivity contribution < 1.29 is 28.6 Å². The summed E-state index contributed by atoms with van der Waals surface area (Å²) in [4.78, 5) is 40.3. The number of aliphatic imine (C=N–C) groups is 1. The molecule has 0 bridgehead atoms. The fourth-order valence-electron chi connectivity index (χ4n) is 2.93. The maximum Gasteiger partial charge on any atom is 0.351 e. The van der Waals surface area contributed by atoms with E-state index in [1.54, 1.807) is 6.92 Å². The number of esters is 3. The van der Waals surface area contributed by atoms with Crippen molar-refractivity contribution in [2.45, 2.75) is 39.0 Å². The molecule has 0 N–H and O–H groups in total. The SMILES string of the molecule is COC(=O)[C@H](OC(C)=O)[C@@H](OC(C)=O)[C@H](C)N=C(c1ccccc1)c1ccccc1. The normalized spacial score (nSPS) is 13.3. The molecule has 0 unspecified atom stereocenters. The minimum atomic E-state index is -1.44. The van der Waals surface area contributed by atoms with E-state index in [-0.39, 0.29) is 0 Å². The quantitative estimate of drug-likeness (QED) is 0.377. The van der Waals surface area contributed by atoms with Crippen LogP contribution < -0.4 is 0 Å². The van der Waals surface area contributed by atoms with Crippen LogP contribution in [0, 0.1) is 0 Å². The van der Waals surface area contributed by atoms with Crippen molar-refractivity contribution in [3.05, 3.63) is 71.8 Å². The minimum absolute atomic E-state index is 0.635. The molecule has 0 fully saturated rings. The van der Waals surface area contributed by atoms with Gasteiger partial charge in [0.05, 0.1) is 18.9 Å². The van der Waals surface area contributed by atoms with E-state index in [4.69, 9.17) is 19.2 Å². The monoisotopic (exact) mass is 411 g/mol. The Hall–Kier alpha value is -3.48. The van der Waals surface area contributed by atoms with Gasteiger partial charge >= 0.3 is 17.9 Å². The fraction of sp³-hybridized carbons (Fsp3) is 0.304. The van der Waals surface area contributed by atoms with E-state index in [9.17, 15) is 14.4 Å². The van der Waals surface area contributed by atoms with Gasteiger partial charge in [-0.1, -0.05) is 60.7 Å². The van der Waals surface area contributed by atoms with E-state index >= 15 is 0 Å². The first kappa shape index (κ1) is 22.8. The molecule has 2 aromatic carbocycles. The van der Waals surface area contributed by atoms with Gasteiger partial charge in [0.25, 0.3) is 0 Å². The summed E-state index contributed by atoms with van der Waals surface area (Å²) in [6, 6.07) is 18.2. The van der Waals surface area contributed by atoms with Gasteiger partial charge in [-0.15, -0.1) is 0 Å². The Bertz CT molecular complexity index is 853. The molecule has 3 atom stereocenters. The zero-order chi connectivity index (χ0) is 22.1. The van der Waals surface area contributed by atoms with Crippen LogP contribution in [0.3, 0.4) is 0 Å². The number of hydrogen-bond donors (Lipinski definition) is 0. The molecular formula is C23H25NO6. The van der Waals surface area contributed by atoms with Gasteiger partial charge in [-0.25, -0.2) is 4.79 Å². The van der Waals surface area contributed by atoms with Gasteiger partial charge in [0.15, 0.2) is 6.10 Å². The molecule has 0 spiro atoms. The van der Waals surface area contributed by atoms with Crippen molar-refractivity contribution in [3.8, 4) is 0 Å². The van der Waals surface area contributed by atoms with Crippen LogP contribution >= 0.6 is 0 Å². The molecule has 2 rings (SSSR count). The predicted octanol–water partition coefficient (Wildman–Crippen LogP) is 2.95. The lowest BCUT2D eigenvalue weighted by molar-refractivity contribution is -0.180. The summed E-state index contributed by atoms with van der Waals surface area (Å²) >= 11 is 0. The standard InChI is InChI=1S/C23H25NO6/c1-15(21(29-16(2)25)22(23(27)28-4)30-17(3)26)24-20(18-11-7-5-8-12-18)19-13-9-6-10-14-19/h5-15,21-22H,1-4H3/t15-,21-,22+/m0/s1. The molecule has 158 valence electrons. The smallest absolute Gasteiger partial charge is 0.351 e. The maximum atomic E-state index is 12.3. The molecule has 0 aliphatic heterocycles. The first-order valence-electron chi connectivity index (χ1n) is 9.44. The highest BCUT2D eigenvalue weighted by molar-refractivity contribution is 6.13. The summed E-state index contributed by atoms with van der Waals surface area (Å²) in [6.45, 7) is 4.05. The summed E-state index contributed by atoms with van der Waals surface area (Å²) in [5.74, 6) is -2.17. The van der Waals surface area contributed by atoms with Crippen molar-refractivity contribution in [2.75, 3.05) is 7.11 Å². The van der Waals surface area contributed by atoms with Crippen LogP contribution in [0.15, 0.2) is 65.7 Å². The Morgan fingerprint density at radius 2 is 1.27 bits per heavy atom. The third kappa shape index (κ3) is 6.27. The zero-order valence-electron chi connectivity index (χ0n) is 17.4. The Labute approximate surface area is 175 Å². The first-order chi connectivity index (χ1) is 14.3. The van der Waals surface area contributed by atoms with Gasteiger partial charge in [-0.2, -0.15) is 0 Å². The zero-order valence-corrected chi connectivity index (χ0v) is 17.4. The Morgan fingerprint density at radius 3 is 1.67 bits per heavy atom. The van der Waals surface area contributed by atoms with Gasteiger partial charge < -0.3 is 14.2 Å². The number of ether oxygens (including phenoxy) is 3. The van der Waals surface area contributed by atoms with Crippen molar-refractivity contribution in [2.24, 2.45) is 4.99 Å². The number of carbonyl (C=O) groups is 3. The second kappa shape index (κ2) is 10.9. The van der Waals surface area contributed by atoms with Crippen LogP contribution in [-0.4, -0.2) is 49.0 Å². The molecule has 0 amide bonds. The number of carbonyl (C=O) groups excluding carboxylic acids is 3. The van der Waals surface area contributed by atoms with Crippen LogP contribution in [-0.2, 0) is 28.6 Å². The van der Waals surface area contributed by atoms with Gasteiger partial charge in [0, 0.05) is 25.0 Å². The molecule has 0 radical (unpaired) electrons.